The first-order chi connectivity index (χ1) is 11.4. The van der Waals surface area contributed by atoms with Crippen LogP contribution in [-0.4, -0.2) is 17.1 Å². The van der Waals surface area contributed by atoms with Gasteiger partial charge in [-0.25, -0.2) is 0 Å². The molecule has 0 aliphatic rings. The zero-order valence-electron chi connectivity index (χ0n) is 12.6. The van der Waals surface area contributed by atoms with Crippen molar-refractivity contribution in [1.82, 2.24) is 4.98 Å². The number of aromatic nitrogens is 1. The van der Waals surface area contributed by atoms with Gasteiger partial charge in [0.05, 0.1) is 11.1 Å². The summed E-state index contributed by atoms with van der Waals surface area (Å²) in [6.07, 6.45) is -1.41. The van der Waals surface area contributed by atoms with Crippen LogP contribution in [0.4, 0.5) is 19.1 Å². The predicted octanol–water partition coefficient (Wildman–Crippen LogP) is 4.77. The van der Waals surface area contributed by atoms with E-state index in [-0.39, 0.29) is 28.5 Å². The Morgan fingerprint density at radius 3 is 2.42 bits per heavy atom. The Balaban J connectivity index is 2.17. The minimum Gasteiger partial charge on any atom is -0.504 e. The molecule has 1 aromatic carbocycles. The van der Waals surface area contributed by atoms with Crippen LogP contribution in [0.5, 0.6) is 5.75 Å². The number of hydrogen-bond donors (Lipinski definition) is 2. The third-order valence-electron chi connectivity index (χ3n) is 3.53. The van der Waals surface area contributed by atoms with Crippen LogP contribution >= 0.6 is 0 Å². The maximum absolute atomic E-state index is 12.9. The highest BCUT2D eigenvalue weighted by Crippen LogP contribution is 2.46. The number of pyridine rings is 1. The molecule has 0 bridgehead atoms. The second-order valence-electron chi connectivity index (χ2n) is 5.05. The van der Waals surface area contributed by atoms with E-state index >= 15 is 0 Å². The van der Waals surface area contributed by atoms with Crippen molar-refractivity contribution in [2.45, 2.75) is 6.18 Å². The fraction of sp³-hybridized carbons (Fsp3) is 0.118. The van der Waals surface area contributed by atoms with Gasteiger partial charge in [-0.05, 0) is 29.8 Å². The lowest BCUT2D eigenvalue weighted by molar-refractivity contribution is -0.137. The molecule has 2 N–H and O–H groups in total. The average molecular weight is 334 g/mol. The second kappa shape index (κ2) is 5.92. The van der Waals surface area contributed by atoms with Gasteiger partial charge in [-0.2, -0.15) is 13.2 Å². The number of benzene rings is 1. The molecule has 0 aliphatic carbocycles. The molecule has 3 aromatic rings. The monoisotopic (exact) mass is 334 g/mol. The van der Waals surface area contributed by atoms with E-state index in [2.05, 4.69) is 10.3 Å². The number of nitrogens with one attached hydrogen (secondary N) is 1. The lowest BCUT2D eigenvalue weighted by atomic mass is 10.0. The summed E-state index contributed by atoms with van der Waals surface area (Å²) < 4.78 is 44.4. The summed E-state index contributed by atoms with van der Waals surface area (Å²) in [6, 6.07) is 7.99. The van der Waals surface area contributed by atoms with E-state index in [1.165, 1.54) is 24.5 Å². The maximum atomic E-state index is 12.9. The lowest BCUT2D eigenvalue weighted by Gasteiger charge is -2.09. The molecule has 3 rings (SSSR count). The molecule has 2 heterocycles. The molecular formula is C17H13F3N2O2. The van der Waals surface area contributed by atoms with Gasteiger partial charge in [0.1, 0.15) is 0 Å². The van der Waals surface area contributed by atoms with Gasteiger partial charge in [-0.1, -0.05) is 12.1 Å². The molecule has 24 heavy (non-hydrogen) atoms. The summed E-state index contributed by atoms with van der Waals surface area (Å²) in [5.41, 5.74) is 0.150. The Kier molecular flexibility index (Phi) is 3.92. The first kappa shape index (κ1) is 15.9. The molecule has 0 atom stereocenters. The zero-order valence-corrected chi connectivity index (χ0v) is 12.6. The minimum atomic E-state index is -4.47. The van der Waals surface area contributed by atoms with Crippen molar-refractivity contribution in [3.8, 4) is 28.2 Å². The zero-order chi connectivity index (χ0) is 17.3. The number of aromatic hydroxyl groups is 1. The second-order valence-corrected chi connectivity index (χ2v) is 5.05. The van der Waals surface area contributed by atoms with E-state index in [9.17, 15) is 18.3 Å². The van der Waals surface area contributed by atoms with E-state index in [0.29, 0.717) is 5.56 Å². The molecule has 0 aliphatic heterocycles. The van der Waals surface area contributed by atoms with Crippen LogP contribution in [0.3, 0.4) is 0 Å². The van der Waals surface area contributed by atoms with Crippen molar-refractivity contribution in [2.24, 2.45) is 0 Å². The van der Waals surface area contributed by atoms with Crippen molar-refractivity contribution in [1.29, 1.82) is 0 Å². The third kappa shape index (κ3) is 2.80. The highest BCUT2D eigenvalue weighted by atomic mass is 19.4. The summed E-state index contributed by atoms with van der Waals surface area (Å²) in [7, 11) is 1.56. The van der Waals surface area contributed by atoms with Gasteiger partial charge in [0.15, 0.2) is 11.5 Å². The van der Waals surface area contributed by atoms with E-state index in [1.54, 1.807) is 19.2 Å². The van der Waals surface area contributed by atoms with Crippen LogP contribution in [0.2, 0.25) is 0 Å². The number of halogens is 3. The van der Waals surface area contributed by atoms with Gasteiger partial charge in [0.25, 0.3) is 0 Å². The largest absolute Gasteiger partial charge is 0.504 e. The Hall–Kier alpha value is -2.96. The summed E-state index contributed by atoms with van der Waals surface area (Å²) in [6.45, 7) is 0. The number of alkyl halides is 3. The van der Waals surface area contributed by atoms with Crippen molar-refractivity contribution in [2.75, 3.05) is 12.4 Å². The molecule has 2 aromatic heterocycles. The fourth-order valence-corrected chi connectivity index (χ4v) is 2.42. The molecule has 0 saturated carbocycles. The fourth-order valence-electron chi connectivity index (χ4n) is 2.42. The smallest absolute Gasteiger partial charge is 0.416 e. The van der Waals surface area contributed by atoms with Gasteiger partial charge in [-0.3, -0.25) is 4.98 Å². The molecule has 0 saturated heterocycles. The van der Waals surface area contributed by atoms with Crippen molar-refractivity contribution >= 4 is 5.88 Å². The van der Waals surface area contributed by atoms with Crippen LogP contribution in [0.25, 0.3) is 22.5 Å². The van der Waals surface area contributed by atoms with Crippen LogP contribution in [0.1, 0.15) is 5.56 Å². The Morgan fingerprint density at radius 1 is 1.08 bits per heavy atom. The molecule has 0 spiro atoms. The standard InChI is InChI=1S/C17H13F3N2O2/c1-21-16-13(11-3-2-4-12(9-11)17(18,19)20)14(23)15(24-16)10-5-7-22-8-6-10/h2-9,21,23H,1H3. The summed E-state index contributed by atoms with van der Waals surface area (Å²) >= 11 is 0. The quantitative estimate of drug-likeness (QED) is 0.724. The Bertz CT molecular complexity index is 858. The van der Waals surface area contributed by atoms with Gasteiger partial charge in [0.2, 0.25) is 5.88 Å². The molecule has 4 nitrogen and oxygen atoms in total. The van der Waals surface area contributed by atoms with Crippen molar-refractivity contribution in [3.05, 3.63) is 54.4 Å². The van der Waals surface area contributed by atoms with Crippen LogP contribution in [0, 0.1) is 0 Å². The SMILES string of the molecule is CNc1oc(-c2ccncc2)c(O)c1-c1cccc(C(F)(F)F)c1. The maximum Gasteiger partial charge on any atom is 0.416 e. The van der Waals surface area contributed by atoms with Gasteiger partial charge >= 0.3 is 6.18 Å². The average Bonchev–Trinajstić information content (AvgIpc) is 2.91. The van der Waals surface area contributed by atoms with E-state index in [1.807, 2.05) is 0 Å². The van der Waals surface area contributed by atoms with Crippen LogP contribution in [-0.2, 0) is 6.18 Å². The van der Waals surface area contributed by atoms with Crippen LogP contribution < -0.4 is 5.32 Å². The number of rotatable bonds is 3. The van der Waals surface area contributed by atoms with Gasteiger partial charge in [0, 0.05) is 25.0 Å². The van der Waals surface area contributed by atoms with Gasteiger partial charge < -0.3 is 14.8 Å². The number of nitrogens with zero attached hydrogens (tertiary/aromatic N) is 1. The molecule has 0 unspecified atom stereocenters. The molecular weight excluding hydrogens is 321 g/mol. The topological polar surface area (TPSA) is 58.3 Å². The molecule has 0 amide bonds. The highest BCUT2D eigenvalue weighted by molar-refractivity contribution is 5.87. The first-order valence-electron chi connectivity index (χ1n) is 7.03. The van der Waals surface area contributed by atoms with Crippen LogP contribution in [0.15, 0.2) is 53.2 Å². The summed E-state index contributed by atoms with van der Waals surface area (Å²) in [5, 5.41) is 13.3. The van der Waals surface area contributed by atoms with E-state index in [0.717, 1.165) is 12.1 Å². The first-order valence-corrected chi connectivity index (χ1v) is 7.03. The molecule has 7 heteroatoms. The summed E-state index contributed by atoms with van der Waals surface area (Å²) in [5.74, 6) is 0.109. The third-order valence-corrected chi connectivity index (χ3v) is 3.53. The molecule has 0 fully saturated rings. The van der Waals surface area contributed by atoms with Gasteiger partial charge in [-0.15, -0.1) is 0 Å². The Labute approximate surface area is 135 Å². The lowest BCUT2D eigenvalue weighted by Crippen LogP contribution is -2.04. The van der Waals surface area contributed by atoms with Crippen molar-refractivity contribution < 1.29 is 22.7 Å². The number of furan rings is 1. The highest BCUT2D eigenvalue weighted by Gasteiger charge is 2.31. The van der Waals surface area contributed by atoms with E-state index < -0.39 is 11.7 Å². The van der Waals surface area contributed by atoms with E-state index in [4.69, 9.17) is 4.42 Å². The normalized spacial score (nSPS) is 11.5. The predicted molar refractivity (Wildman–Crippen MR) is 83.6 cm³/mol. The molecule has 0 radical (unpaired) electrons. The Morgan fingerprint density at radius 2 is 1.79 bits per heavy atom. The summed E-state index contributed by atoms with van der Waals surface area (Å²) in [4.78, 5) is 3.88. The minimum absolute atomic E-state index is 0.161. The van der Waals surface area contributed by atoms with Crippen molar-refractivity contribution in [3.63, 3.8) is 0 Å². The number of anilines is 1. The molecule has 124 valence electrons. The number of hydrogen-bond acceptors (Lipinski definition) is 4.